The van der Waals surface area contributed by atoms with Crippen molar-refractivity contribution in [1.82, 2.24) is 4.90 Å². The number of nitrogens with zero attached hydrogens (tertiary/aromatic N) is 1. The summed E-state index contributed by atoms with van der Waals surface area (Å²) >= 11 is 0. The van der Waals surface area contributed by atoms with Crippen molar-refractivity contribution in [3.05, 3.63) is 29.8 Å². The monoisotopic (exact) mass is 276 g/mol. The van der Waals surface area contributed by atoms with Crippen molar-refractivity contribution >= 4 is 17.7 Å². The Labute approximate surface area is 118 Å². The van der Waals surface area contributed by atoms with Crippen LogP contribution < -0.4 is 5.32 Å². The lowest BCUT2D eigenvalue weighted by molar-refractivity contribution is -0.137. The minimum Gasteiger partial charge on any atom is -0.481 e. The van der Waals surface area contributed by atoms with Gasteiger partial charge in [0.2, 0.25) is 0 Å². The van der Waals surface area contributed by atoms with Gasteiger partial charge in [-0.25, -0.2) is 4.79 Å². The smallest absolute Gasteiger partial charge is 0.322 e. The number of carbonyl (C=O) groups excluding carboxylic acids is 1. The van der Waals surface area contributed by atoms with E-state index in [2.05, 4.69) is 12.2 Å². The fourth-order valence-corrected chi connectivity index (χ4v) is 2.58. The van der Waals surface area contributed by atoms with E-state index in [1.807, 2.05) is 24.3 Å². The van der Waals surface area contributed by atoms with E-state index < -0.39 is 5.97 Å². The Balaban J connectivity index is 2.01. The normalized spacial score (nSPS) is 18.1. The van der Waals surface area contributed by atoms with Crippen LogP contribution in [0.1, 0.15) is 31.7 Å². The number of hydrogen-bond acceptors (Lipinski definition) is 2. The maximum Gasteiger partial charge on any atom is 0.322 e. The van der Waals surface area contributed by atoms with Crippen LogP contribution in [0.15, 0.2) is 24.3 Å². The second-order valence-corrected chi connectivity index (χ2v) is 5.07. The van der Waals surface area contributed by atoms with Crippen LogP contribution in [0.25, 0.3) is 0 Å². The van der Waals surface area contributed by atoms with E-state index in [1.165, 1.54) is 0 Å². The first-order valence-corrected chi connectivity index (χ1v) is 6.98. The summed E-state index contributed by atoms with van der Waals surface area (Å²) in [4.78, 5) is 24.7. The molecule has 0 aliphatic carbocycles. The third-order valence-electron chi connectivity index (χ3n) is 3.63. The Bertz CT molecular complexity index is 502. The molecule has 0 bridgehead atoms. The molecule has 1 fully saturated rings. The first kappa shape index (κ1) is 14.4. The van der Waals surface area contributed by atoms with Gasteiger partial charge in [-0.05, 0) is 37.0 Å². The van der Waals surface area contributed by atoms with Gasteiger partial charge in [-0.1, -0.05) is 19.1 Å². The predicted molar refractivity (Wildman–Crippen MR) is 76.8 cm³/mol. The van der Waals surface area contributed by atoms with Crippen LogP contribution in [-0.2, 0) is 11.2 Å². The number of benzene rings is 1. The molecule has 1 aromatic rings. The lowest BCUT2D eigenvalue weighted by atomic mass is 10.1. The van der Waals surface area contributed by atoms with Crippen LogP contribution in [0.2, 0.25) is 0 Å². The Morgan fingerprint density at radius 2 is 2.25 bits per heavy atom. The number of carbonyl (C=O) groups is 2. The minimum atomic E-state index is -0.859. The van der Waals surface area contributed by atoms with Gasteiger partial charge in [0.05, 0.1) is 6.42 Å². The molecular formula is C15H20N2O3. The van der Waals surface area contributed by atoms with Gasteiger partial charge in [-0.3, -0.25) is 4.79 Å². The number of carboxylic acid groups (broad SMARTS) is 1. The number of carboxylic acids is 1. The number of rotatable bonds is 4. The fourth-order valence-electron chi connectivity index (χ4n) is 2.58. The standard InChI is InChI=1S/C15H20N2O3/c1-2-11-5-3-6-12(9-11)16-15(20)17-8-4-7-13(17)10-14(18)19/h3,5-6,9,13H,2,4,7-8,10H2,1H3,(H,16,20)(H,18,19). The minimum absolute atomic E-state index is 0.0163. The molecule has 1 aliphatic rings. The first-order valence-electron chi connectivity index (χ1n) is 6.98. The Hall–Kier alpha value is -2.04. The molecule has 0 spiro atoms. The van der Waals surface area contributed by atoms with Gasteiger partial charge in [0.15, 0.2) is 0 Å². The predicted octanol–water partition coefficient (Wildman–Crippen LogP) is 2.72. The summed E-state index contributed by atoms with van der Waals surface area (Å²) in [5, 5.41) is 11.7. The van der Waals surface area contributed by atoms with Crippen molar-refractivity contribution < 1.29 is 14.7 Å². The number of nitrogens with one attached hydrogen (secondary N) is 1. The van der Waals surface area contributed by atoms with Crippen molar-refractivity contribution in [2.24, 2.45) is 0 Å². The number of likely N-dealkylation sites (tertiary alicyclic amines) is 1. The highest BCUT2D eigenvalue weighted by molar-refractivity contribution is 5.90. The molecule has 0 aromatic heterocycles. The van der Waals surface area contributed by atoms with Gasteiger partial charge in [0.1, 0.15) is 0 Å². The van der Waals surface area contributed by atoms with Crippen molar-refractivity contribution in [3.63, 3.8) is 0 Å². The van der Waals surface area contributed by atoms with E-state index in [4.69, 9.17) is 5.11 Å². The van der Waals surface area contributed by atoms with Crippen molar-refractivity contribution in [2.75, 3.05) is 11.9 Å². The first-order chi connectivity index (χ1) is 9.60. The summed E-state index contributed by atoms with van der Waals surface area (Å²) < 4.78 is 0. The van der Waals surface area contributed by atoms with Crippen molar-refractivity contribution in [1.29, 1.82) is 0 Å². The summed E-state index contributed by atoms with van der Waals surface area (Å²) in [6, 6.07) is 7.31. The highest BCUT2D eigenvalue weighted by Gasteiger charge is 2.30. The second-order valence-electron chi connectivity index (χ2n) is 5.07. The molecule has 0 radical (unpaired) electrons. The van der Waals surface area contributed by atoms with E-state index in [0.717, 1.165) is 30.5 Å². The van der Waals surface area contributed by atoms with Crippen LogP contribution in [0.3, 0.4) is 0 Å². The van der Waals surface area contributed by atoms with Crippen LogP contribution >= 0.6 is 0 Å². The van der Waals surface area contributed by atoms with Crippen LogP contribution in [0.5, 0.6) is 0 Å². The molecule has 5 heteroatoms. The Morgan fingerprint density at radius 3 is 2.95 bits per heavy atom. The summed E-state index contributed by atoms with van der Waals surface area (Å²) in [5.74, 6) is -0.859. The molecule has 1 heterocycles. The zero-order valence-corrected chi connectivity index (χ0v) is 11.6. The SMILES string of the molecule is CCc1cccc(NC(=O)N2CCCC2CC(=O)O)c1. The number of anilines is 1. The van der Waals surface area contributed by atoms with Crippen LogP contribution in [0, 0.1) is 0 Å². The molecule has 2 N–H and O–H groups in total. The second kappa shape index (κ2) is 6.41. The lowest BCUT2D eigenvalue weighted by Gasteiger charge is -2.23. The molecule has 2 rings (SSSR count). The molecule has 2 amide bonds. The molecule has 1 saturated heterocycles. The summed E-state index contributed by atoms with van der Waals surface area (Å²) in [6.45, 7) is 2.68. The van der Waals surface area contributed by atoms with E-state index in [0.29, 0.717) is 6.54 Å². The summed E-state index contributed by atoms with van der Waals surface area (Å²) in [6.07, 6.45) is 2.55. The molecule has 108 valence electrons. The van der Waals surface area contributed by atoms with Crippen molar-refractivity contribution in [3.8, 4) is 0 Å². The van der Waals surface area contributed by atoms with Gasteiger partial charge >= 0.3 is 12.0 Å². The quantitative estimate of drug-likeness (QED) is 0.888. The molecule has 1 aliphatic heterocycles. The Morgan fingerprint density at radius 1 is 1.45 bits per heavy atom. The van der Waals surface area contributed by atoms with Crippen LogP contribution in [-0.4, -0.2) is 34.6 Å². The highest BCUT2D eigenvalue weighted by atomic mass is 16.4. The lowest BCUT2D eigenvalue weighted by Crippen LogP contribution is -2.39. The Kier molecular flexibility index (Phi) is 4.61. The summed E-state index contributed by atoms with van der Waals surface area (Å²) in [7, 11) is 0. The number of urea groups is 1. The average molecular weight is 276 g/mol. The number of hydrogen-bond donors (Lipinski definition) is 2. The van der Waals surface area contributed by atoms with Gasteiger partial charge in [-0.2, -0.15) is 0 Å². The molecule has 5 nitrogen and oxygen atoms in total. The number of aliphatic carboxylic acids is 1. The van der Waals surface area contributed by atoms with Crippen molar-refractivity contribution in [2.45, 2.75) is 38.6 Å². The number of aryl methyl sites for hydroxylation is 1. The maximum absolute atomic E-state index is 12.2. The average Bonchev–Trinajstić information content (AvgIpc) is 2.86. The van der Waals surface area contributed by atoms with Gasteiger partial charge in [0.25, 0.3) is 0 Å². The van der Waals surface area contributed by atoms with E-state index >= 15 is 0 Å². The zero-order chi connectivity index (χ0) is 14.5. The summed E-state index contributed by atoms with van der Waals surface area (Å²) in [5.41, 5.74) is 1.92. The fraction of sp³-hybridized carbons (Fsp3) is 0.467. The van der Waals surface area contributed by atoms with E-state index in [9.17, 15) is 9.59 Å². The van der Waals surface area contributed by atoms with Gasteiger partial charge < -0.3 is 15.3 Å². The maximum atomic E-state index is 12.2. The molecule has 1 unspecified atom stereocenters. The van der Waals surface area contributed by atoms with E-state index in [1.54, 1.807) is 4.90 Å². The molecule has 20 heavy (non-hydrogen) atoms. The van der Waals surface area contributed by atoms with Crippen LogP contribution in [0.4, 0.5) is 10.5 Å². The zero-order valence-electron chi connectivity index (χ0n) is 11.6. The third kappa shape index (κ3) is 3.50. The van der Waals surface area contributed by atoms with E-state index in [-0.39, 0.29) is 18.5 Å². The number of amides is 2. The molecule has 1 atom stereocenters. The highest BCUT2D eigenvalue weighted by Crippen LogP contribution is 2.21. The van der Waals surface area contributed by atoms with Gasteiger partial charge in [-0.15, -0.1) is 0 Å². The molecular weight excluding hydrogens is 256 g/mol. The molecule has 1 aromatic carbocycles. The largest absolute Gasteiger partial charge is 0.481 e. The molecule has 0 saturated carbocycles. The van der Waals surface area contributed by atoms with Gasteiger partial charge in [0, 0.05) is 18.3 Å². The third-order valence-corrected chi connectivity index (χ3v) is 3.63. The topological polar surface area (TPSA) is 69.6 Å².